The Hall–Kier alpha value is -0.840. The van der Waals surface area contributed by atoms with Crippen molar-refractivity contribution < 1.29 is 4.79 Å². The van der Waals surface area contributed by atoms with Crippen molar-refractivity contribution >= 4 is 44.8 Å². The van der Waals surface area contributed by atoms with Crippen LogP contribution in [0.15, 0.2) is 34.1 Å². The minimum atomic E-state index is -0.0613. The summed E-state index contributed by atoms with van der Waals surface area (Å²) < 4.78 is 0.996. The lowest BCUT2D eigenvalue weighted by Crippen LogP contribution is -2.21. The predicted molar refractivity (Wildman–Crippen MR) is 79.4 cm³/mol. The summed E-state index contributed by atoms with van der Waals surface area (Å²) in [6.07, 6.45) is 0. The van der Waals surface area contributed by atoms with E-state index in [1.807, 2.05) is 37.3 Å². The predicted octanol–water partition coefficient (Wildman–Crippen LogP) is 4.40. The molecule has 1 heterocycles. The lowest BCUT2D eigenvalue weighted by atomic mass is 10.2. The SMILES string of the molecule is Cc1cc(C(=O)NCc2cccc(Cl)c2)sc1Br. The number of halogens is 2. The molecule has 0 aliphatic rings. The van der Waals surface area contributed by atoms with Crippen LogP contribution in [0.5, 0.6) is 0 Å². The normalized spacial score (nSPS) is 10.4. The van der Waals surface area contributed by atoms with Gasteiger partial charge in [-0.3, -0.25) is 4.79 Å². The smallest absolute Gasteiger partial charge is 0.261 e. The van der Waals surface area contributed by atoms with Crippen molar-refractivity contribution in [2.75, 3.05) is 0 Å². The second kappa shape index (κ2) is 5.87. The van der Waals surface area contributed by atoms with Crippen LogP contribution in [0.4, 0.5) is 0 Å². The van der Waals surface area contributed by atoms with Gasteiger partial charge in [-0.2, -0.15) is 0 Å². The molecule has 0 aliphatic carbocycles. The maximum Gasteiger partial charge on any atom is 0.261 e. The number of hydrogen-bond acceptors (Lipinski definition) is 2. The maximum absolute atomic E-state index is 11.9. The van der Waals surface area contributed by atoms with Crippen molar-refractivity contribution in [2.24, 2.45) is 0 Å². The van der Waals surface area contributed by atoms with Crippen LogP contribution in [0.2, 0.25) is 5.02 Å². The van der Waals surface area contributed by atoms with Gasteiger partial charge in [0.15, 0.2) is 0 Å². The molecule has 1 aromatic carbocycles. The second-order valence-corrected chi connectivity index (χ2v) is 6.69. The van der Waals surface area contributed by atoms with Crippen LogP contribution in [-0.2, 0) is 6.54 Å². The zero-order valence-corrected chi connectivity index (χ0v) is 12.8. The van der Waals surface area contributed by atoms with Crippen molar-refractivity contribution in [3.63, 3.8) is 0 Å². The van der Waals surface area contributed by atoms with Gasteiger partial charge in [0.25, 0.3) is 5.91 Å². The van der Waals surface area contributed by atoms with Crippen LogP contribution in [0, 0.1) is 6.92 Å². The molecule has 0 aliphatic heterocycles. The van der Waals surface area contributed by atoms with Gasteiger partial charge in [0, 0.05) is 11.6 Å². The molecule has 18 heavy (non-hydrogen) atoms. The van der Waals surface area contributed by atoms with Crippen molar-refractivity contribution in [2.45, 2.75) is 13.5 Å². The molecule has 94 valence electrons. The van der Waals surface area contributed by atoms with Gasteiger partial charge in [0.05, 0.1) is 8.66 Å². The van der Waals surface area contributed by atoms with Gasteiger partial charge in [-0.1, -0.05) is 23.7 Å². The molecule has 0 saturated heterocycles. The summed E-state index contributed by atoms with van der Waals surface area (Å²) in [5.41, 5.74) is 2.07. The highest BCUT2D eigenvalue weighted by Gasteiger charge is 2.10. The highest BCUT2D eigenvalue weighted by Crippen LogP contribution is 2.27. The first kappa shape index (κ1) is 13.6. The lowest BCUT2D eigenvalue weighted by molar-refractivity contribution is 0.0955. The standard InChI is InChI=1S/C13H11BrClNOS/c1-8-5-11(18-12(8)14)13(17)16-7-9-3-2-4-10(15)6-9/h2-6H,7H2,1H3,(H,16,17). The van der Waals surface area contributed by atoms with E-state index in [1.54, 1.807) is 0 Å². The summed E-state index contributed by atoms with van der Waals surface area (Å²) in [6.45, 7) is 2.45. The van der Waals surface area contributed by atoms with Crippen molar-refractivity contribution in [3.05, 3.63) is 55.1 Å². The Morgan fingerprint density at radius 3 is 2.83 bits per heavy atom. The Balaban J connectivity index is 2.00. The number of rotatable bonds is 3. The van der Waals surface area contributed by atoms with Crippen LogP contribution >= 0.6 is 38.9 Å². The van der Waals surface area contributed by atoms with Crippen molar-refractivity contribution in [1.29, 1.82) is 0 Å². The molecule has 1 aromatic heterocycles. The van der Waals surface area contributed by atoms with Gasteiger partial charge in [0.1, 0.15) is 0 Å². The van der Waals surface area contributed by atoms with Crippen molar-refractivity contribution in [3.8, 4) is 0 Å². The van der Waals surface area contributed by atoms with E-state index in [2.05, 4.69) is 21.2 Å². The molecule has 0 atom stereocenters. The van der Waals surface area contributed by atoms with Gasteiger partial charge in [-0.25, -0.2) is 0 Å². The van der Waals surface area contributed by atoms with E-state index in [1.165, 1.54) is 11.3 Å². The molecule has 2 rings (SSSR count). The first-order chi connectivity index (χ1) is 8.56. The molecule has 0 unspecified atom stereocenters. The number of hydrogen-bond donors (Lipinski definition) is 1. The van der Waals surface area contributed by atoms with Gasteiger partial charge < -0.3 is 5.32 Å². The summed E-state index contributed by atoms with van der Waals surface area (Å²) in [6, 6.07) is 9.34. The third-order valence-electron chi connectivity index (χ3n) is 2.42. The Bertz CT molecular complexity index is 563. The number of thiophene rings is 1. The number of carbonyl (C=O) groups is 1. The number of benzene rings is 1. The maximum atomic E-state index is 11.9. The average Bonchev–Trinajstić information content (AvgIpc) is 2.67. The van der Waals surface area contributed by atoms with E-state index in [4.69, 9.17) is 11.6 Å². The third-order valence-corrected chi connectivity index (χ3v) is 4.79. The minimum absolute atomic E-state index is 0.0613. The fourth-order valence-electron chi connectivity index (χ4n) is 1.49. The molecule has 0 saturated carbocycles. The molecule has 0 spiro atoms. The van der Waals surface area contributed by atoms with E-state index in [-0.39, 0.29) is 5.91 Å². The van der Waals surface area contributed by atoms with Gasteiger partial charge >= 0.3 is 0 Å². The van der Waals surface area contributed by atoms with Crippen molar-refractivity contribution in [1.82, 2.24) is 5.32 Å². The number of amides is 1. The first-order valence-corrected chi connectivity index (χ1v) is 7.33. The van der Waals surface area contributed by atoms with Crippen LogP contribution < -0.4 is 5.32 Å². The number of nitrogens with one attached hydrogen (secondary N) is 1. The summed E-state index contributed by atoms with van der Waals surface area (Å²) in [4.78, 5) is 12.6. The minimum Gasteiger partial charge on any atom is -0.347 e. The zero-order valence-electron chi connectivity index (χ0n) is 9.67. The molecule has 5 heteroatoms. The zero-order chi connectivity index (χ0) is 13.1. The molecule has 2 nitrogen and oxygen atoms in total. The Morgan fingerprint density at radius 1 is 1.44 bits per heavy atom. The monoisotopic (exact) mass is 343 g/mol. The van der Waals surface area contributed by atoms with Crippen LogP contribution in [-0.4, -0.2) is 5.91 Å². The second-order valence-electron chi connectivity index (χ2n) is 3.88. The molecular weight excluding hydrogens is 334 g/mol. The molecule has 0 radical (unpaired) electrons. The Kier molecular flexibility index (Phi) is 4.43. The lowest BCUT2D eigenvalue weighted by Gasteiger charge is -2.04. The molecule has 1 N–H and O–H groups in total. The number of aryl methyl sites for hydroxylation is 1. The average molecular weight is 345 g/mol. The summed E-state index contributed by atoms with van der Waals surface area (Å²) in [5, 5.41) is 3.55. The van der Waals surface area contributed by atoms with Gasteiger partial charge in [0.2, 0.25) is 0 Å². The van der Waals surface area contributed by atoms with Gasteiger partial charge in [-0.15, -0.1) is 11.3 Å². The van der Waals surface area contributed by atoms with Crippen LogP contribution in [0.25, 0.3) is 0 Å². The first-order valence-electron chi connectivity index (χ1n) is 5.35. The fraction of sp³-hybridized carbons (Fsp3) is 0.154. The van der Waals surface area contributed by atoms with Gasteiger partial charge in [-0.05, 0) is 52.2 Å². The van der Waals surface area contributed by atoms with Crippen LogP contribution in [0.1, 0.15) is 20.8 Å². The largest absolute Gasteiger partial charge is 0.347 e. The van der Waals surface area contributed by atoms with E-state index < -0.39 is 0 Å². The molecule has 1 amide bonds. The van der Waals surface area contributed by atoms with E-state index in [0.29, 0.717) is 16.4 Å². The fourth-order valence-corrected chi connectivity index (χ4v) is 3.15. The molecule has 0 fully saturated rings. The highest BCUT2D eigenvalue weighted by atomic mass is 79.9. The number of carbonyl (C=O) groups excluding carboxylic acids is 1. The topological polar surface area (TPSA) is 29.1 Å². The Labute approximate surface area is 123 Å². The van der Waals surface area contributed by atoms with E-state index in [0.717, 1.165) is 14.9 Å². The Morgan fingerprint density at radius 2 is 2.22 bits per heavy atom. The highest BCUT2D eigenvalue weighted by molar-refractivity contribution is 9.11. The summed E-state index contributed by atoms with van der Waals surface area (Å²) in [5.74, 6) is -0.0613. The quantitative estimate of drug-likeness (QED) is 0.878. The van der Waals surface area contributed by atoms with E-state index >= 15 is 0 Å². The third kappa shape index (κ3) is 3.34. The molecule has 2 aromatic rings. The summed E-state index contributed by atoms with van der Waals surface area (Å²) in [7, 11) is 0. The molecular formula is C13H11BrClNOS. The molecule has 0 bridgehead atoms. The van der Waals surface area contributed by atoms with Crippen LogP contribution in [0.3, 0.4) is 0 Å². The summed E-state index contributed by atoms with van der Waals surface area (Å²) >= 11 is 10.7. The van der Waals surface area contributed by atoms with E-state index in [9.17, 15) is 4.79 Å².